The number of rotatable bonds is 3. The van der Waals surface area contributed by atoms with Crippen LogP contribution in [0.2, 0.25) is 0 Å². The molecule has 22 heavy (non-hydrogen) atoms. The Hall–Kier alpha value is -3.08. The molecule has 1 aromatic heterocycles. The first-order chi connectivity index (χ1) is 10.7. The van der Waals surface area contributed by atoms with E-state index in [1.165, 1.54) is 0 Å². The van der Waals surface area contributed by atoms with E-state index in [2.05, 4.69) is 15.6 Å². The Morgan fingerprint density at radius 1 is 0.955 bits per heavy atom. The Bertz CT molecular complexity index is 800. The maximum absolute atomic E-state index is 12.0. The minimum absolute atomic E-state index is 0.340. The monoisotopic (exact) mass is 293 g/mol. The van der Waals surface area contributed by atoms with Gasteiger partial charge in [0.05, 0.1) is 12.6 Å². The highest BCUT2D eigenvalue weighted by Gasteiger charge is 2.04. The number of pyridine rings is 1. The summed E-state index contributed by atoms with van der Waals surface area (Å²) in [6.07, 6.45) is 0. The lowest BCUT2D eigenvalue weighted by Crippen LogP contribution is -2.20. The molecule has 0 unspecified atom stereocenters. The maximum Gasteiger partial charge on any atom is 0.324 e. The molecule has 3 rings (SSSR count). The van der Waals surface area contributed by atoms with E-state index in [0.717, 1.165) is 16.7 Å². The fraction of sp³-hybridized carbons (Fsp3) is 0.0588. The largest absolute Gasteiger partial charge is 0.497 e. The summed E-state index contributed by atoms with van der Waals surface area (Å²) in [6.45, 7) is 0. The molecule has 0 fully saturated rings. The molecule has 2 amide bonds. The first-order valence-electron chi connectivity index (χ1n) is 6.82. The summed E-state index contributed by atoms with van der Waals surface area (Å²) in [7, 11) is 1.60. The SMILES string of the molecule is COc1ccc(NC(=O)Nc2ccc3ccccc3n2)cc1. The van der Waals surface area contributed by atoms with E-state index in [-0.39, 0.29) is 6.03 Å². The normalized spacial score (nSPS) is 10.2. The number of methoxy groups -OCH3 is 1. The van der Waals surface area contributed by atoms with Crippen molar-refractivity contribution in [2.24, 2.45) is 0 Å². The number of ether oxygens (including phenoxy) is 1. The van der Waals surface area contributed by atoms with Crippen molar-refractivity contribution in [1.29, 1.82) is 0 Å². The lowest BCUT2D eigenvalue weighted by Gasteiger charge is -2.08. The van der Waals surface area contributed by atoms with E-state index in [4.69, 9.17) is 4.74 Å². The summed E-state index contributed by atoms with van der Waals surface area (Å²) in [6, 6.07) is 18.2. The topological polar surface area (TPSA) is 63.2 Å². The zero-order valence-electron chi connectivity index (χ0n) is 12.0. The lowest BCUT2D eigenvalue weighted by molar-refractivity contribution is 0.262. The fourth-order valence-electron chi connectivity index (χ4n) is 2.09. The molecule has 2 aromatic carbocycles. The van der Waals surface area contributed by atoms with Gasteiger partial charge >= 0.3 is 6.03 Å². The summed E-state index contributed by atoms with van der Waals surface area (Å²) < 4.78 is 5.07. The van der Waals surface area contributed by atoms with Crippen LogP contribution in [0.1, 0.15) is 0 Å². The van der Waals surface area contributed by atoms with Crippen LogP contribution in [-0.4, -0.2) is 18.1 Å². The summed E-state index contributed by atoms with van der Waals surface area (Å²) in [5.41, 5.74) is 1.52. The van der Waals surface area contributed by atoms with E-state index < -0.39 is 0 Å². The quantitative estimate of drug-likeness (QED) is 0.770. The zero-order valence-corrected chi connectivity index (χ0v) is 12.0. The zero-order chi connectivity index (χ0) is 15.4. The number of carbonyl (C=O) groups is 1. The average molecular weight is 293 g/mol. The molecule has 0 radical (unpaired) electrons. The van der Waals surface area contributed by atoms with Crippen molar-refractivity contribution in [2.75, 3.05) is 17.7 Å². The number of hydrogen-bond acceptors (Lipinski definition) is 3. The predicted octanol–water partition coefficient (Wildman–Crippen LogP) is 3.89. The molecule has 5 nitrogen and oxygen atoms in total. The van der Waals surface area contributed by atoms with Gasteiger partial charge in [0.25, 0.3) is 0 Å². The molecule has 0 aliphatic rings. The van der Waals surface area contributed by atoms with Gasteiger partial charge in [-0.1, -0.05) is 18.2 Å². The first kappa shape index (κ1) is 13.9. The van der Waals surface area contributed by atoms with Crippen molar-refractivity contribution < 1.29 is 9.53 Å². The van der Waals surface area contributed by atoms with Crippen LogP contribution >= 0.6 is 0 Å². The minimum Gasteiger partial charge on any atom is -0.497 e. The molecule has 110 valence electrons. The van der Waals surface area contributed by atoms with E-state index >= 15 is 0 Å². The second-order valence-corrected chi connectivity index (χ2v) is 4.70. The lowest BCUT2D eigenvalue weighted by atomic mass is 10.2. The number of amides is 2. The molecular weight excluding hydrogens is 278 g/mol. The summed E-state index contributed by atoms with van der Waals surface area (Å²) in [4.78, 5) is 16.4. The Morgan fingerprint density at radius 2 is 1.73 bits per heavy atom. The number of urea groups is 1. The molecule has 3 aromatic rings. The first-order valence-corrected chi connectivity index (χ1v) is 6.82. The summed E-state index contributed by atoms with van der Waals surface area (Å²) in [5, 5.41) is 6.49. The molecule has 0 atom stereocenters. The van der Waals surface area contributed by atoms with Crippen LogP contribution in [0.25, 0.3) is 10.9 Å². The van der Waals surface area contributed by atoms with Gasteiger partial charge in [-0.2, -0.15) is 0 Å². The van der Waals surface area contributed by atoms with Gasteiger partial charge in [0.2, 0.25) is 0 Å². The average Bonchev–Trinajstić information content (AvgIpc) is 2.55. The second-order valence-electron chi connectivity index (χ2n) is 4.70. The highest BCUT2D eigenvalue weighted by atomic mass is 16.5. The van der Waals surface area contributed by atoms with Gasteiger partial charge in [0, 0.05) is 11.1 Å². The van der Waals surface area contributed by atoms with Crippen LogP contribution in [0.3, 0.4) is 0 Å². The van der Waals surface area contributed by atoms with E-state index in [0.29, 0.717) is 11.5 Å². The third-order valence-corrected chi connectivity index (χ3v) is 3.19. The van der Waals surface area contributed by atoms with Crippen molar-refractivity contribution in [2.45, 2.75) is 0 Å². The highest BCUT2D eigenvalue weighted by Crippen LogP contribution is 2.17. The number of nitrogens with zero attached hydrogens (tertiary/aromatic N) is 1. The predicted molar refractivity (Wildman–Crippen MR) is 87.4 cm³/mol. The Morgan fingerprint density at radius 3 is 2.50 bits per heavy atom. The van der Waals surface area contributed by atoms with E-state index in [1.807, 2.05) is 30.3 Å². The Labute approximate surface area is 127 Å². The number of carbonyl (C=O) groups excluding carboxylic acids is 1. The number of para-hydroxylation sites is 1. The number of benzene rings is 2. The maximum atomic E-state index is 12.0. The molecule has 0 aliphatic heterocycles. The van der Waals surface area contributed by atoms with Crippen LogP contribution < -0.4 is 15.4 Å². The number of fused-ring (bicyclic) bond motifs is 1. The second kappa shape index (κ2) is 6.13. The fourth-order valence-corrected chi connectivity index (χ4v) is 2.09. The molecule has 0 spiro atoms. The van der Waals surface area contributed by atoms with Gasteiger partial charge in [0.15, 0.2) is 0 Å². The standard InChI is InChI=1S/C17H15N3O2/c1-22-14-9-7-13(8-10-14)18-17(21)20-16-11-6-12-4-2-3-5-15(12)19-16/h2-11H,1H3,(H2,18,19,20,21). The molecule has 0 bridgehead atoms. The van der Waals surface area contributed by atoms with E-state index in [1.54, 1.807) is 37.4 Å². The van der Waals surface area contributed by atoms with Gasteiger partial charge in [-0.05, 0) is 42.5 Å². The smallest absolute Gasteiger partial charge is 0.324 e. The van der Waals surface area contributed by atoms with Crippen LogP contribution in [0, 0.1) is 0 Å². The Balaban J connectivity index is 1.69. The molecule has 0 aliphatic carbocycles. The molecule has 0 saturated heterocycles. The number of hydrogen-bond donors (Lipinski definition) is 2. The van der Waals surface area contributed by atoms with E-state index in [9.17, 15) is 4.79 Å². The van der Waals surface area contributed by atoms with Gasteiger partial charge in [0.1, 0.15) is 11.6 Å². The van der Waals surface area contributed by atoms with Gasteiger partial charge < -0.3 is 10.1 Å². The third-order valence-electron chi connectivity index (χ3n) is 3.19. The summed E-state index contributed by atoms with van der Waals surface area (Å²) in [5.74, 6) is 1.24. The molecular formula is C17H15N3O2. The molecule has 1 heterocycles. The third kappa shape index (κ3) is 3.15. The molecule has 0 saturated carbocycles. The van der Waals surface area contributed by atoms with Crippen molar-refractivity contribution in [3.05, 3.63) is 60.7 Å². The Kier molecular flexibility index (Phi) is 3.87. The van der Waals surface area contributed by atoms with Crippen molar-refractivity contribution >= 4 is 28.4 Å². The number of anilines is 2. The van der Waals surface area contributed by atoms with Crippen molar-refractivity contribution in [3.63, 3.8) is 0 Å². The van der Waals surface area contributed by atoms with Crippen molar-refractivity contribution in [1.82, 2.24) is 4.98 Å². The summed E-state index contributed by atoms with van der Waals surface area (Å²) >= 11 is 0. The highest BCUT2D eigenvalue weighted by molar-refractivity contribution is 5.99. The van der Waals surface area contributed by atoms with Crippen molar-refractivity contribution in [3.8, 4) is 5.75 Å². The molecule has 5 heteroatoms. The minimum atomic E-state index is -0.340. The van der Waals surface area contributed by atoms with Gasteiger partial charge in [-0.15, -0.1) is 0 Å². The van der Waals surface area contributed by atoms with Crippen LogP contribution in [-0.2, 0) is 0 Å². The molecule has 2 N–H and O–H groups in total. The van der Waals surface area contributed by atoms with Gasteiger partial charge in [-0.3, -0.25) is 5.32 Å². The van der Waals surface area contributed by atoms with Crippen LogP contribution in [0.15, 0.2) is 60.7 Å². The van der Waals surface area contributed by atoms with Gasteiger partial charge in [-0.25, -0.2) is 9.78 Å². The van der Waals surface area contributed by atoms with Crippen LogP contribution in [0.5, 0.6) is 5.75 Å². The number of nitrogens with one attached hydrogen (secondary N) is 2. The number of aromatic nitrogens is 1. The van der Waals surface area contributed by atoms with Crippen LogP contribution in [0.4, 0.5) is 16.3 Å².